The fourth-order valence-electron chi connectivity index (χ4n) is 9.02. The molecule has 22 nitrogen and oxygen atoms in total. The van der Waals surface area contributed by atoms with Crippen LogP contribution in [0.2, 0.25) is 0 Å². The van der Waals surface area contributed by atoms with Gasteiger partial charge in [0.1, 0.15) is 11.4 Å². The second-order valence-electron chi connectivity index (χ2n) is 22.3. The molecule has 4 aromatic carbocycles. The number of hydrogen-bond donors (Lipinski definition) is 1. The molecule has 0 aliphatic heterocycles. The second kappa shape index (κ2) is 60.6. The van der Waals surface area contributed by atoms with Gasteiger partial charge < -0.3 is 72.7 Å². The molecule has 0 bridgehead atoms. The first-order valence-corrected chi connectivity index (χ1v) is 41.2. The quantitative estimate of drug-likeness (QED) is 0.0755. The molecule has 13 aromatic heterocycles. The molecule has 2 atom stereocenters. The van der Waals surface area contributed by atoms with Gasteiger partial charge in [-0.2, -0.15) is 40.3 Å². The number of benzene rings is 4. The molecule has 654 valence electrons. The maximum atomic E-state index is 13.2. The number of imidazole rings is 3. The Morgan fingerprint density at radius 1 is 0.379 bits per heavy atom. The van der Waals surface area contributed by atoms with Gasteiger partial charge in [0.15, 0.2) is 0 Å². The van der Waals surface area contributed by atoms with Crippen molar-refractivity contribution in [2.24, 2.45) is 0 Å². The Balaban J connectivity index is 0.000000467. The van der Waals surface area contributed by atoms with E-state index in [-0.39, 0.29) is 111 Å². The normalized spacial score (nSPS) is 10.1. The summed E-state index contributed by atoms with van der Waals surface area (Å²) in [7, 11) is 1.83. The van der Waals surface area contributed by atoms with E-state index in [2.05, 4.69) is 156 Å². The number of nitrogens with zero attached hydrogens (tertiary/aromatic N) is 18. The smallest absolute Gasteiger partial charge is 0.0777 e. The summed E-state index contributed by atoms with van der Waals surface area (Å²) in [5, 5.41) is 16.0. The maximum Gasteiger partial charge on any atom is 0.0777 e. The van der Waals surface area contributed by atoms with Gasteiger partial charge in [-0.15, -0.1) is 77.9 Å². The summed E-state index contributed by atoms with van der Waals surface area (Å²) in [5.41, 5.74) is 8.35. The van der Waals surface area contributed by atoms with Crippen LogP contribution in [0.5, 0.6) is 0 Å². The predicted octanol–water partition coefficient (Wildman–Crippen LogP) is 14.2. The van der Waals surface area contributed by atoms with E-state index in [1.54, 1.807) is 116 Å². The molecule has 13 heterocycles. The average Bonchev–Trinajstić information content (AvgIpc) is 1.65. The van der Waals surface area contributed by atoms with Gasteiger partial charge in [-0.05, 0) is 149 Å². The molecule has 17 rings (SSSR count). The molecule has 0 spiro atoms. The zero-order valence-corrected chi connectivity index (χ0v) is 79.6. The van der Waals surface area contributed by atoms with Gasteiger partial charge in [-0.25, -0.2) is 0 Å². The molecule has 0 aliphatic carbocycles. The number of rotatable bonds is 10. The van der Waals surface area contributed by atoms with Crippen molar-refractivity contribution in [3.05, 3.63) is 378 Å². The number of aromatic nitrogens is 18. The third-order valence-corrected chi connectivity index (χ3v) is 16.5. The van der Waals surface area contributed by atoms with Crippen LogP contribution in [0.4, 0.5) is 39.5 Å². The van der Waals surface area contributed by atoms with E-state index in [9.17, 15) is 39.5 Å². The van der Waals surface area contributed by atoms with E-state index in [1.807, 2.05) is 115 Å². The SMILES string of the molecule is CPc1ccccc1PC.FC(F)(F)c1cc(-c2ccccn2)[n-]n1.FC(F)(F)c1cc(-c2ccccn2)[n-]n1.Fc1c[c-]c(-c2ccccn2)c(F)c1.Fc1c[c-]c(-c2ccccn2)cc1.[CH3-].[Cl][Ir+2].[Ir].[Ir].[Ir].[Ir].[O-][Cl+3]([O-])([O-])O.[c-]1ccccc1-c1ccccn1.c1ccc(-c2cnc[n-]2)nc1.c1ccc(-c2cnc[n-]2)nc1.c1ccc(-c2cnc[n-]2)nc1. The minimum atomic E-state index is -4.69. The van der Waals surface area contributed by atoms with Crippen molar-refractivity contribution in [1.29, 1.82) is 0 Å². The average molecular weight is 2660 g/mol. The van der Waals surface area contributed by atoms with Crippen molar-refractivity contribution in [2.45, 2.75) is 12.4 Å². The van der Waals surface area contributed by atoms with E-state index < -0.39 is 45.6 Å². The van der Waals surface area contributed by atoms with Gasteiger partial charge in [0.2, 0.25) is 0 Å². The Morgan fingerprint density at radius 3 is 0.935 bits per heavy atom. The second-order valence-corrected chi connectivity index (χ2v) is 25.2. The van der Waals surface area contributed by atoms with E-state index >= 15 is 0 Å². The molecule has 4 radical (unpaired) electrons. The standard InChI is InChI=1S/C11H6F2N.C11H7FN.C11H8N.2C9H5F3N3.3C8H6N3.C8H12P2.CH3.ClHO4.ClH.5Ir/c12-8-4-5-9(10(13)7-8)11-3-1-2-6-14-11;12-10-6-4-9(5-7-10)11-3-1-2-8-13-11;1-2-6-10(7-3-1)11-8-4-5-9-12-11;2*10-9(11,12)8-5-7(14-15-8)6-3-1-2-4-13-6;3*1-2-4-10-7(3-1)8-5-9-6-11-8;1-9-7-5-3-4-6-8(7)10-2;;2-1(3,4)5;;;;;;/h1-4,6-7H;1-4,6-8H;1-6,8-9H;2*1-5H;3*1-6H;3-6,9-10H,1-2H3;1H3;(H,2,3,4,5);1H;;;;;/q8*-1;;-1;;;;;;;+3/p-1. The van der Waals surface area contributed by atoms with Crippen LogP contribution in [0.1, 0.15) is 11.4 Å². The van der Waals surface area contributed by atoms with Crippen molar-refractivity contribution in [3.8, 4) is 90.7 Å². The number of alkyl halides is 6. The van der Waals surface area contributed by atoms with Crippen molar-refractivity contribution in [2.75, 3.05) is 13.3 Å². The van der Waals surface area contributed by atoms with Gasteiger partial charge in [0.25, 0.3) is 0 Å². The molecule has 0 fully saturated rings. The fraction of sp³-hybridized carbons (Fsp3) is 0.0476. The van der Waals surface area contributed by atoms with Crippen molar-refractivity contribution in [1.82, 2.24) is 90.2 Å². The molecule has 1 N–H and O–H groups in total. The maximum absolute atomic E-state index is 13.2. The minimum absolute atomic E-state index is 0. The summed E-state index contributed by atoms with van der Waals surface area (Å²) in [5.74, 6) is -1.56. The topological polar surface area (TPSA) is 327 Å². The molecule has 2 unspecified atom stereocenters. The summed E-state index contributed by atoms with van der Waals surface area (Å²) < 4.78 is 144. The summed E-state index contributed by atoms with van der Waals surface area (Å²) in [6.07, 6.45) is 14.0. The van der Waals surface area contributed by atoms with Crippen LogP contribution < -0.4 is 49.7 Å². The van der Waals surface area contributed by atoms with Crippen LogP contribution in [0.25, 0.3) is 90.7 Å². The molecule has 0 saturated carbocycles. The molecule has 124 heavy (non-hydrogen) atoms. The summed E-state index contributed by atoms with van der Waals surface area (Å²) >= 11 is 1.47. The largest absolute Gasteiger partial charge is 0.449 e. The van der Waals surface area contributed by atoms with Crippen molar-refractivity contribution >= 4 is 37.4 Å². The molecule has 0 amide bonds. The van der Waals surface area contributed by atoms with Crippen LogP contribution >= 0.6 is 26.7 Å². The van der Waals surface area contributed by atoms with Crippen LogP contribution in [-0.2, 0) is 111 Å². The first-order valence-electron chi connectivity index (χ1n) is 34.0. The van der Waals surface area contributed by atoms with Crippen LogP contribution in [0, 0.1) is 53.3 Å². The Kier molecular flexibility index (Phi) is 53.8. The Hall–Kier alpha value is -9.97. The monoisotopic (exact) mass is 2660 g/mol. The predicted molar refractivity (Wildman–Crippen MR) is 428 cm³/mol. The molecular weight excluding hydrogens is 2590 g/mol. The zero-order valence-electron chi connectivity index (χ0n) is 64.1. The number of halogens is 11. The number of pyridine rings is 8. The van der Waals surface area contributed by atoms with E-state index in [1.165, 1.54) is 72.0 Å². The summed E-state index contributed by atoms with van der Waals surface area (Å²) in [6, 6.07) is 76.5. The molecule has 0 saturated heterocycles. The molecule has 40 heteroatoms. The molecule has 0 aliphatic rings. The zero-order chi connectivity index (χ0) is 85.5. The van der Waals surface area contributed by atoms with Gasteiger partial charge in [-0.3, -0.25) is 38.1 Å². The summed E-state index contributed by atoms with van der Waals surface area (Å²) in [6.45, 7) is 4.47. The minimum Gasteiger partial charge on any atom is -0.449 e. The van der Waals surface area contributed by atoms with Crippen LogP contribution in [-0.4, -0.2) is 83.0 Å². The Morgan fingerprint density at radius 2 is 0.677 bits per heavy atom. The van der Waals surface area contributed by atoms with Gasteiger partial charge in [-0.1, -0.05) is 169 Å². The van der Waals surface area contributed by atoms with Crippen LogP contribution in [0.3, 0.4) is 0 Å². The van der Waals surface area contributed by atoms with Crippen LogP contribution in [0.15, 0.2) is 324 Å². The molecular formula is C84H65Cl2F9Ir5N18O4P2-7. The Labute approximate surface area is 782 Å². The number of hydrogen-bond acceptors (Lipinski definition) is 17. The third-order valence-electron chi connectivity index (χ3n) is 14.3. The van der Waals surface area contributed by atoms with Gasteiger partial charge >= 0.3 is 39.8 Å². The third kappa shape index (κ3) is 41.2. The van der Waals surface area contributed by atoms with E-state index in [0.29, 0.717) is 17.1 Å². The summed E-state index contributed by atoms with van der Waals surface area (Å²) in [4.78, 5) is 56.0. The fourth-order valence-corrected chi connectivity index (χ4v) is 11.0. The van der Waals surface area contributed by atoms with Gasteiger partial charge in [0, 0.05) is 159 Å². The van der Waals surface area contributed by atoms with E-state index in [0.717, 1.165) is 98.1 Å². The van der Waals surface area contributed by atoms with E-state index in [4.69, 9.17) is 18.6 Å². The Bertz CT molecular complexity index is 5210. The first kappa shape index (κ1) is 110. The first-order chi connectivity index (χ1) is 57.5. The van der Waals surface area contributed by atoms with Crippen molar-refractivity contribution in [3.63, 3.8) is 0 Å². The molecule has 17 aromatic rings. The van der Waals surface area contributed by atoms with Gasteiger partial charge in [0.05, 0.1) is 32.0 Å². The van der Waals surface area contributed by atoms with Crippen molar-refractivity contribution < 1.29 is 167 Å².